The van der Waals surface area contributed by atoms with Crippen molar-refractivity contribution in [2.75, 3.05) is 0 Å². The van der Waals surface area contributed by atoms with E-state index < -0.39 is 11.6 Å². The molecule has 1 aromatic heterocycles. The molecule has 1 N–H and O–H groups in total. The summed E-state index contributed by atoms with van der Waals surface area (Å²) in [7, 11) is 0. The molecular formula is C14H12F2N2S. The molecule has 1 unspecified atom stereocenters. The van der Waals surface area contributed by atoms with Crippen LogP contribution < -0.4 is 5.32 Å². The van der Waals surface area contributed by atoms with Crippen molar-refractivity contribution in [3.05, 3.63) is 57.3 Å². The third kappa shape index (κ3) is 3.37. The van der Waals surface area contributed by atoms with Crippen molar-refractivity contribution in [1.29, 1.82) is 5.26 Å². The molecule has 0 bridgehead atoms. The van der Waals surface area contributed by atoms with E-state index in [1.165, 1.54) is 17.4 Å². The quantitative estimate of drug-likeness (QED) is 0.924. The summed E-state index contributed by atoms with van der Waals surface area (Å²) >= 11 is 1.42. The van der Waals surface area contributed by atoms with E-state index in [1.54, 1.807) is 12.1 Å². The van der Waals surface area contributed by atoms with E-state index >= 15 is 0 Å². The average Bonchev–Trinajstić information content (AvgIpc) is 2.87. The first-order valence-corrected chi connectivity index (χ1v) is 6.59. The Morgan fingerprint density at radius 2 is 2.05 bits per heavy atom. The first-order valence-electron chi connectivity index (χ1n) is 5.77. The third-order valence-corrected chi connectivity index (χ3v) is 3.79. The molecule has 2 nitrogen and oxygen atoms in total. The Hall–Kier alpha value is -1.77. The van der Waals surface area contributed by atoms with Gasteiger partial charge in [-0.05, 0) is 36.8 Å². The monoisotopic (exact) mass is 278 g/mol. The van der Waals surface area contributed by atoms with E-state index in [4.69, 9.17) is 5.26 Å². The molecular weight excluding hydrogens is 266 g/mol. The molecule has 2 rings (SSSR count). The van der Waals surface area contributed by atoms with Crippen LogP contribution in [0, 0.1) is 23.0 Å². The van der Waals surface area contributed by atoms with E-state index in [0.29, 0.717) is 17.0 Å². The van der Waals surface area contributed by atoms with Gasteiger partial charge in [0.05, 0.1) is 0 Å². The van der Waals surface area contributed by atoms with Crippen molar-refractivity contribution in [2.45, 2.75) is 19.5 Å². The zero-order chi connectivity index (χ0) is 13.8. The van der Waals surface area contributed by atoms with Gasteiger partial charge < -0.3 is 5.32 Å². The summed E-state index contributed by atoms with van der Waals surface area (Å²) < 4.78 is 25.9. The summed E-state index contributed by atoms with van der Waals surface area (Å²) in [6.45, 7) is 2.47. The highest BCUT2D eigenvalue weighted by Crippen LogP contribution is 2.19. The minimum Gasteiger partial charge on any atom is -0.305 e. The number of benzene rings is 1. The van der Waals surface area contributed by atoms with Crippen LogP contribution >= 0.6 is 11.3 Å². The fraction of sp³-hybridized carbons (Fsp3) is 0.214. The molecule has 1 aromatic carbocycles. The molecule has 19 heavy (non-hydrogen) atoms. The van der Waals surface area contributed by atoms with E-state index in [0.717, 1.165) is 10.9 Å². The molecule has 0 aliphatic heterocycles. The second-order valence-electron chi connectivity index (χ2n) is 4.15. The maximum Gasteiger partial charge on any atom is 0.159 e. The maximum absolute atomic E-state index is 13.1. The second-order valence-corrected chi connectivity index (χ2v) is 5.32. The Morgan fingerprint density at radius 3 is 2.68 bits per heavy atom. The minimum atomic E-state index is -0.840. The number of thiophene rings is 1. The van der Waals surface area contributed by atoms with Gasteiger partial charge in [0.2, 0.25) is 0 Å². The summed E-state index contributed by atoms with van der Waals surface area (Å²) in [4.78, 5) is 1.70. The van der Waals surface area contributed by atoms with Crippen LogP contribution in [0.4, 0.5) is 8.78 Å². The fourth-order valence-electron chi connectivity index (χ4n) is 1.69. The molecule has 5 heteroatoms. The van der Waals surface area contributed by atoms with E-state index in [1.807, 2.05) is 13.0 Å². The Morgan fingerprint density at radius 1 is 1.26 bits per heavy atom. The summed E-state index contributed by atoms with van der Waals surface area (Å²) in [5.41, 5.74) is 0.691. The van der Waals surface area contributed by atoms with Gasteiger partial charge in [0.25, 0.3) is 0 Å². The highest BCUT2D eigenvalue weighted by Gasteiger charge is 2.09. The molecule has 0 aliphatic carbocycles. The van der Waals surface area contributed by atoms with Crippen LogP contribution in [0.25, 0.3) is 0 Å². The van der Waals surface area contributed by atoms with Crippen molar-refractivity contribution in [3.8, 4) is 6.07 Å². The molecule has 98 valence electrons. The van der Waals surface area contributed by atoms with Crippen LogP contribution in [-0.4, -0.2) is 0 Å². The Labute approximate surface area is 114 Å². The number of hydrogen-bond acceptors (Lipinski definition) is 3. The van der Waals surface area contributed by atoms with Crippen molar-refractivity contribution < 1.29 is 8.78 Å². The summed E-state index contributed by atoms with van der Waals surface area (Å²) in [5, 5.41) is 11.9. The maximum atomic E-state index is 13.1. The molecule has 0 aliphatic rings. The SMILES string of the molecule is CC(NCc1ccc(C#N)s1)c1ccc(F)c(F)c1. The van der Waals surface area contributed by atoms with Crippen molar-refractivity contribution >= 4 is 11.3 Å². The lowest BCUT2D eigenvalue weighted by molar-refractivity contribution is 0.501. The molecule has 0 amide bonds. The largest absolute Gasteiger partial charge is 0.305 e. The molecule has 0 fully saturated rings. The van der Waals surface area contributed by atoms with Gasteiger partial charge in [-0.15, -0.1) is 11.3 Å². The van der Waals surface area contributed by atoms with Gasteiger partial charge in [-0.25, -0.2) is 8.78 Å². The molecule has 0 radical (unpaired) electrons. The number of nitriles is 1. The van der Waals surface area contributed by atoms with E-state index in [2.05, 4.69) is 11.4 Å². The van der Waals surface area contributed by atoms with Gasteiger partial charge in [-0.3, -0.25) is 0 Å². The first-order chi connectivity index (χ1) is 9.10. The summed E-state index contributed by atoms with van der Waals surface area (Å²) in [5.74, 6) is -1.68. The number of nitrogens with one attached hydrogen (secondary N) is 1. The zero-order valence-corrected chi connectivity index (χ0v) is 11.1. The van der Waals surface area contributed by atoms with Crippen LogP contribution in [0.2, 0.25) is 0 Å². The standard InChI is InChI=1S/C14H12F2N2S/c1-9(10-2-5-13(15)14(16)6-10)18-8-12-4-3-11(7-17)19-12/h2-6,9,18H,8H2,1H3. The molecule has 0 saturated carbocycles. The van der Waals surface area contributed by atoms with Crippen LogP contribution in [0.3, 0.4) is 0 Å². The Balaban J connectivity index is 1.99. The Bertz CT molecular complexity index is 616. The second kappa shape index (κ2) is 5.91. The Kier molecular flexibility index (Phi) is 4.25. The number of halogens is 2. The van der Waals surface area contributed by atoms with Crippen LogP contribution in [0.5, 0.6) is 0 Å². The van der Waals surface area contributed by atoms with Gasteiger partial charge in [-0.1, -0.05) is 6.07 Å². The van der Waals surface area contributed by atoms with E-state index in [-0.39, 0.29) is 6.04 Å². The predicted molar refractivity (Wildman–Crippen MR) is 70.6 cm³/mol. The van der Waals surface area contributed by atoms with Gasteiger partial charge in [0.15, 0.2) is 11.6 Å². The van der Waals surface area contributed by atoms with Gasteiger partial charge in [0, 0.05) is 17.5 Å². The molecule has 0 saturated heterocycles. The highest BCUT2D eigenvalue weighted by molar-refractivity contribution is 7.12. The van der Waals surface area contributed by atoms with Crippen molar-refractivity contribution in [1.82, 2.24) is 5.32 Å². The molecule has 2 aromatic rings. The number of rotatable bonds is 4. The van der Waals surface area contributed by atoms with Crippen molar-refractivity contribution in [2.24, 2.45) is 0 Å². The lowest BCUT2D eigenvalue weighted by Gasteiger charge is -2.13. The van der Waals surface area contributed by atoms with Crippen LogP contribution in [0.1, 0.15) is 28.3 Å². The first kappa shape index (κ1) is 13.7. The zero-order valence-electron chi connectivity index (χ0n) is 10.3. The van der Waals surface area contributed by atoms with E-state index in [9.17, 15) is 8.78 Å². The lowest BCUT2D eigenvalue weighted by Crippen LogP contribution is -2.17. The summed E-state index contributed by atoms with van der Waals surface area (Å²) in [6, 6.07) is 9.52. The fourth-order valence-corrected chi connectivity index (χ4v) is 2.44. The summed E-state index contributed by atoms with van der Waals surface area (Å²) in [6.07, 6.45) is 0. The minimum absolute atomic E-state index is 0.0947. The van der Waals surface area contributed by atoms with Crippen LogP contribution in [0.15, 0.2) is 30.3 Å². The predicted octanol–water partition coefficient (Wildman–Crippen LogP) is 3.75. The van der Waals surface area contributed by atoms with Crippen LogP contribution in [-0.2, 0) is 6.54 Å². The topological polar surface area (TPSA) is 35.8 Å². The van der Waals surface area contributed by atoms with Gasteiger partial charge in [0.1, 0.15) is 10.9 Å². The van der Waals surface area contributed by atoms with Crippen molar-refractivity contribution in [3.63, 3.8) is 0 Å². The smallest absolute Gasteiger partial charge is 0.159 e. The number of nitrogens with zero attached hydrogens (tertiary/aromatic N) is 1. The average molecular weight is 278 g/mol. The lowest BCUT2D eigenvalue weighted by atomic mass is 10.1. The van der Waals surface area contributed by atoms with Gasteiger partial charge >= 0.3 is 0 Å². The molecule has 0 spiro atoms. The number of hydrogen-bond donors (Lipinski definition) is 1. The molecule has 1 heterocycles. The normalized spacial score (nSPS) is 12.1. The third-order valence-electron chi connectivity index (χ3n) is 2.80. The van der Waals surface area contributed by atoms with Gasteiger partial charge in [-0.2, -0.15) is 5.26 Å². The highest BCUT2D eigenvalue weighted by atomic mass is 32.1. The molecule has 1 atom stereocenters.